The second kappa shape index (κ2) is 12.1. The number of carboxylic acid groups (broad SMARTS) is 1. The van der Waals surface area contributed by atoms with E-state index in [4.69, 9.17) is 23.5 Å². The highest BCUT2D eigenvalue weighted by Gasteiger charge is 2.49. The molecule has 8 nitrogen and oxygen atoms in total. The highest BCUT2D eigenvalue weighted by molar-refractivity contribution is 5.93. The zero-order valence-corrected chi connectivity index (χ0v) is 19.3. The molecule has 1 amide bonds. The van der Waals surface area contributed by atoms with E-state index in [0.29, 0.717) is 30.8 Å². The van der Waals surface area contributed by atoms with Crippen LogP contribution in [0.5, 0.6) is 5.75 Å². The van der Waals surface area contributed by atoms with Gasteiger partial charge in [-0.15, -0.1) is 0 Å². The maximum Gasteiger partial charge on any atom is 0.292 e. The quantitative estimate of drug-likeness (QED) is 0.222. The van der Waals surface area contributed by atoms with E-state index in [1.165, 1.54) is 24.0 Å². The third kappa shape index (κ3) is 6.51. The van der Waals surface area contributed by atoms with Gasteiger partial charge < -0.3 is 28.7 Å². The van der Waals surface area contributed by atoms with Crippen molar-refractivity contribution in [3.8, 4) is 17.1 Å². The van der Waals surface area contributed by atoms with Gasteiger partial charge in [0.15, 0.2) is 5.76 Å². The average Bonchev–Trinajstić information content (AvgIpc) is 3.24. The van der Waals surface area contributed by atoms with Gasteiger partial charge in [-0.3, -0.25) is 9.59 Å². The van der Waals surface area contributed by atoms with E-state index in [-0.39, 0.29) is 24.7 Å². The van der Waals surface area contributed by atoms with Gasteiger partial charge in [-0.25, -0.2) is 0 Å². The summed E-state index contributed by atoms with van der Waals surface area (Å²) < 4.78 is 16.9. The minimum Gasteiger partial charge on any atom is -0.493 e. The van der Waals surface area contributed by atoms with Gasteiger partial charge in [-0.2, -0.15) is 0 Å². The van der Waals surface area contributed by atoms with Gasteiger partial charge in [0.1, 0.15) is 23.5 Å². The predicted molar refractivity (Wildman–Crippen MR) is 125 cm³/mol. The molecule has 2 heterocycles. The maximum atomic E-state index is 13.3. The Balaban J connectivity index is 0.00000103. The molecular formula is C26H31NO7. The SMILES string of the molecule is CCCCCCOc1ccccc1CN(C(=O)c1cc(-c2ccco2)co1)C1(O)CC1.O=CO. The van der Waals surface area contributed by atoms with Crippen molar-refractivity contribution in [1.82, 2.24) is 4.90 Å². The Morgan fingerprint density at radius 1 is 1.15 bits per heavy atom. The number of carbonyl (C=O) groups is 2. The van der Waals surface area contributed by atoms with Crippen molar-refractivity contribution in [2.75, 3.05) is 6.61 Å². The van der Waals surface area contributed by atoms with Crippen LogP contribution in [0.2, 0.25) is 0 Å². The van der Waals surface area contributed by atoms with Crippen molar-refractivity contribution in [1.29, 1.82) is 0 Å². The number of unbranched alkanes of at least 4 members (excludes halogenated alkanes) is 3. The van der Waals surface area contributed by atoms with Crippen LogP contribution in [0.25, 0.3) is 11.3 Å². The number of para-hydroxylation sites is 1. The Morgan fingerprint density at radius 3 is 2.59 bits per heavy atom. The van der Waals surface area contributed by atoms with Gasteiger partial charge in [0, 0.05) is 11.6 Å². The molecule has 1 fully saturated rings. The molecule has 8 heteroatoms. The van der Waals surface area contributed by atoms with E-state index in [2.05, 4.69) is 6.92 Å². The highest BCUT2D eigenvalue weighted by atomic mass is 16.5. The minimum absolute atomic E-state index is 0.171. The summed E-state index contributed by atoms with van der Waals surface area (Å²) in [5.41, 5.74) is 0.402. The topological polar surface area (TPSA) is 113 Å². The fraction of sp³-hybridized carbons (Fsp3) is 0.385. The number of rotatable bonds is 11. The Labute approximate surface area is 198 Å². The molecule has 0 spiro atoms. The lowest BCUT2D eigenvalue weighted by Gasteiger charge is -2.28. The number of furan rings is 2. The highest BCUT2D eigenvalue weighted by Crippen LogP contribution is 2.41. The second-order valence-corrected chi connectivity index (χ2v) is 8.17. The molecule has 1 aromatic carbocycles. The van der Waals surface area contributed by atoms with Crippen LogP contribution in [-0.2, 0) is 11.3 Å². The molecule has 0 saturated heterocycles. The summed E-state index contributed by atoms with van der Waals surface area (Å²) in [6, 6.07) is 12.9. The molecule has 0 atom stereocenters. The Kier molecular flexibility index (Phi) is 8.93. The van der Waals surface area contributed by atoms with Crippen LogP contribution in [-0.4, -0.2) is 39.8 Å². The smallest absolute Gasteiger partial charge is 0.292 e. The van der Waals surface area contributed by atoms with E-state index < -0.39 is 5.72 Å². The molecule has 0 aliphatic heterocycles. The van der Waals surface area contributed by atoms with E-state index in [1.807, 2.05) is 24.3 Å². The van der Waals surface area contributed by atoms with Crippen molar-refractivity contribution < 1.29 is 33.4 Å². The van der Waals surface area contributed by atoms with Gasteiger partial charge in [0.2, 0.25) is 0 Å². The Hall–Kier alpha value is -3.52. The van der Waals surface area contributed by atoms with Crippen LogP contribution in [0.4, 0.5) is 0 Å². The number of nitrogens with zero attached hydrogens (tertiary/aromatic N) is 1. The predicted octanol–water partition coefficient (Wildman–Crippen LogP) is 5.32. The molecule has 1 aliphatic carbocycles. The first kappa shape index (κ1) is 25.1. The number of hydrogen-bond acceptors (Lipinski definition) is 6. The summed E-state index contributed by atoms with van der Waals surface area (Å²) in [6.45, 7) is 2.82. The number of benzene rings is 1. The van der Waals surface area contributed by atoms with Gasteiger partial charge >= 0.3 is 0 Å². The lowest BCUT2D eigenvalue weighted by Crippen LogP contribution is -2.41. The van der Waals surface area contributed by atoms with Crippen LogP contribution in [0.3, 0.4) is 0 Å². The van der Waals surface area contributed by atoms with E-state index in [1.54, 1.807) is 24.5 Å². The molecule has 3 aromatic rings. The number of ether oxygens (including phenoxy) is 1. The first-order chi connectivity index (χ1) is 16.5. The summed E-state index contributed by atoms with van der Waals surface area (Å²) in [5.74, 6) is 1.19. The third-order valence-corrected chi connectivity index (χ3v) is 5.62. The van der Waals surface area contributed by atoms with Crippen LogP contribution >= 0.6 is 0 Å². The average molecular weight is 470 g/mol. The van der Waals surface area contributed by atoms with E-state index in [9.17, 15) is 9.90 Å². The Morgan fingerprint density at radius 2 is 1.91 bits per heavy atom. The molecule has 182 valence electrons. The molecule has 0 radical (unpaired) electrons. The zero-order chi connectivity index (χ0) is 24.4. The fourth-order valence-corrected chi connectivity index (χ4v) is 3.60. The van der Waals surface area contributed by atoms with Gasteiger partial charge in [0.05, 0.1) is 25.0 Å². The number of hydrogen-bond donors (Lipinski definition) is 2. The molecule has 0 bridgehead atoms. The van der Waals surface area contributed by atoms with Crippen molar-refractivity contribution in [2.24, 2.45) is 0 Å². The van der Waals surface area contributed by atoms with Gasteiger partial charge in [-0.05, 0) is 37.5 Å². The first-order valence-corrected chi connectivity index (χ1v) is 11.5. The summed E-state index contributed by atoms with van der Waals surface area (Å²) in [6.07, 6.45) is 8.67. The normalized spacial score (nSPS) is 13.5. The largest absolute Gasteiger partial charge is 0.493 e. The van der Waals surface area contributed by atoms with Crippen LogP contribution in [0.15, 0.2) is 63.8 Å². The minimum atomic E-state index is -1.15. The molecule has 1 aliphatic rings. The molecule has 0 unspecified atom stereocenters. The maximum absolute atomic E-state index is 13.3. The van der Waals surface area contributed by atoms with Gasteiger partial charge in [0.25, 0.3) is 12.4 Å². The van der Waals surface area contributed by atoms with Crippen LogP contribution < -0.4 is 4.74 Å². The standard InChI is InChI=1S/C25H29NO5.CH2O2/c1-2-3-4-7-14-29-21-10-6-5-9-19(21)17-26(25(28)12-13-25)24(27)23-16-20(18-31-23)22-11-8-15-30-22;2-1-3/h5-6,8-11,15-16,18,28H,2-4,7,12-14,17H2,1H3;1H,(H,2,3). The number of aliphatic hydroxyl groups is 1. The molecular weight excluding hydrogens is 438 g/mol. The van der Waals surface area contributed by atoms with E-state index >= 15 is 0 Å². The molecule has 2 aromatic heterocycles. The molecule has 2 N–H and O–H groups in total. The third-order valence-electron chi connectivity index (χ3n) is 5.62. The first-order valence-electron chi connectivity index (χ1n) is 11.5. The zero-order valence-electron chi connectivity index (χ0n) is 19.3. The van der Waals surface area contributed by atoms with Crippen molar-refractivity contribution >= 4 is 12.4 Å². The summed E-state index contributed by atoms with van der Waals surface area (Å²) in [5, 5.41) is 17.7. The lowest BCUT2D eigenvalue weighted by molar-refractivity contribution is -0.122. The number of amides is 1. The fourth-order valence-electron chi connectivity index (χ4n) is 3.60. The summed E-state index contributed by atoms with van der Waals surface area (Å²) >= 11 is 0. The van der Waals surface area contributed by atoms with Crippen molar-refractivity contribution in [2.45, 2.75) is 57.7 Å². The number of carbonyl (C=O) groups excluding carboxylic acids is 1. The summed E-state index contributed by atoms with van der Waals surface area (Å²) in [7, 11) is 0. The lowest BCUT2D eigenvalue weighted by atomic mass is 10.1. The van der Waals surface area contributed by atoms with Crippen molar-refractivity contribution in [3.05, 3.63) is 66.3 Å². The van der Waals surface area contributed by atoms with Crippen LogP contribution in [0, 0.1) is 0 Å². The second-order valence-electron chi connectivity index (χ2n) is 8.17. The van der Waals surface area contributed by atoms with Crippen LogP contribution in [0.1, 0.15) is 61.6 Å². The molecule has 34 heavy (non-hydrogen) atoms. The van der Waals surface area contributed by atoms with Crippen molar-refractivity contribution in [3.63, 3.8) is 0 Å². The monoisotopic (exact) mass is 469 g/mol. The van der Waals surface area contributed by atoms with Gasteiger partial charge in [-0.1, -0.05) is 44.4 Å². The van der Waals surface area contributed by atoms with E-state index in [0.717, 1.165) is 24.2 Å². The summed E-state index contributed by atoms with van der Waals surface area (Å²) in [4.78, 5) is 23.1. The Bertz CT molecular complexity index is 1040. The molecule has 1 saturated carbocycles. The molecule has 4 rings (SSSR count).